The molecule has 0 aliphatic heterocycles. The van der Waals surface area contributed by atoms with Crippen molar-refractivity contribution in [3.8, 4) is 0 Å². The number of rotatable bonds is 2. The second-order valence-corrected chi connectivity index (χ2v) is 3.51. The summed E-state index contributed by atoms with van der Waals surface area (Å²) >= 11 is 0. The number of hydrogen-bond acceptors (Lipinski definition) is 3. The maximum absolute atomic E-state index is 10.2. The number of aromatic nitrogens is 1. The van der Waals surface area contributed by atoms with Crippen molar-refractivity contribution < 1.29 is 4.79 Å². The highest BCUT2D eigenvalue weighted by Crippen LogP contribution is 2.23. The van der Waals surface area contributed by atoms with Gasteiger partial charge in [0.1, 0.15) is 0 Å². The second kappa shape index (κ2) is 3.50. The van der Waals surface area contributed by atoms with Crippen molar-refractivity contribution in [2.45, 2.75) is 26.3 Å². The van der Waals surface area contributed by atoms with E-state index in [0.29, 0.717) is 0 Å². The summed E-state index contributed by atoms with van der Waals surface area (Å²) in [5.74, 6) is 0. The molecule has 0 saturated heterocycles. The molecule has 0 bridgehead atoms. The first-order valence-electron chi connectivity index (χ1n) is 4.07. The maximum Gasteiger partial charge on any atom is 0.235 e. The van der Waals surface area contributed by atoms with Gasteiger partial charge >= 0.3 is 0 Å². The largest absolute Gasteiger partial charge is 0.264 e. The summed E-state index contributed by atoms with van der Waals surface area (Å²) in [5, 5.41) is 0. The molecule has 0 amide bonds. The van der Waals surface area contributed by atoms with Crippen LogP contribution in [0.25, 0.3) is 0 Å². The highest BCUT2D eigenvalue weighted by Gasteiger charge is 2.19. The van der Waals surface area contributed by atoms with Crippen molar-refractivity contribution in [1.82, 2.24) is 4.98 Å². The first-order valence-corrected chi connectivity index (χ1v) is 4.07. The van der Waals surface area contributed by atoms with Crippen LogP contribution in [0, 0.1) is 6.92 Å². The molecule has 3 nitrogen and oxygen atoms in total. The Labute approximate surface area is 77.5 Å². The number of hydrogen-bond donors (Lipinski definition) is 0. The van der Waals surface area contributed by atoms with Crippen LogP contribution in [-0.4, -0.2) is 11.1 Å². The molecule has 1 aromatic heterocycles. The zero-order valence-electron chi connectivity index (χ0n) is 8.03. The molecule has 68 valence electrons. The third-order valence-electron chi connectivity index (χ3n) is 1.91. The summed E-state index contributed by atoms with van der Waals surface area (Å²) in [6, 6.07) is 1.97. The van der Waals surface area contributed by atoms with Crippen molar-refractivity contribution in [3.05, 3.63) is 29.6 Å². The number of isocyanates is 1. The molecule has 0 fully saturated rings. The van der Waals surface area contributed by atoms with Crippen molar-refractivity contribution in [2.75, 3.05) is 0 Å². The van der Waals surface area contributed by atoms with E-state index < -0.39 is 5.54 Å². The molecule has 1 heterocycles. The van der Waals surface area contributed by atoms with Crippen LogP contribution < -0.4 is 0 Å². The van der Waals surface area contributed by atoms with E-state index in [0.717, 1.165) is 11.1 Å². The van der Waals surface area contributed by atoms with Gasteiger partial charge in [0.2, 0.25) is 6.08 Å². The van der Waals surface area contributed by atoms with Crippen LogP contribution in [-0.2, 0) is 10.3 Å². The Balaban J connectivity index is 3.13. The second-order valence-electron chi connectivity index (χ2n) is 3.51. The predicted octanol–water partition coefficient (Wildman–Crippen LogP) is 1.96. The van der Waals surface area contributed by atoms with E-state index in [4.69, 9.17) is 0 Å². The Hall–Kier alpha value is -1.47. The molecule has 0 radical (unpaired) electrons. The fourth-order valence-corrected chi connectivity index (χ4v) is 1.07. The molecule has 0 aromatic carbocycles. The van der Waals surface area contributed by atoms with Crippen LogP contribution in [0.1, 0.15) is 25.0 Å². The lowest BCUT2D eigenvalue weighted by Gasteiger charge is -2.17. The quantitative estimate of drug-likeness (QED) is 0.510. The molecule has 0 atom stereocenters. The van der Waals surface area contributed by atoms with E-state index >= 15 is 0 Å². The lowest BCUT2D eigenvalue weighted by molar-refractivity contribution is 0.521. The van der Waals surface area contributed by atoms with E-state index in [1.54, 1.807) is 18.5 Å². The summed E-state index contributed by atoms with van der Waals surface area (Å²) in [5.41, 5.74) is 1.46. The van der Waals surface area contributed by atoms with Crippen LogP contribution in [0.5, 0.6) is 0 Å². The number of nitrogens with zero attached hydrogens (tertiary/aromatic N) is 2. The number of aryl methyl sites for hydroxylation is 1. The lowest BCUT2D eigenvalue weighted by atomic mass is 9.96. The smallest absolute Gasteiger partial charge is 0.235 e. The van der Waals surface area contributed by atoms with Gasteiger partial charge in [-0.2, -0.15) is 4.99 Å². The van der Waals surface area contributed by atoms with Gasteiger partial charge in [-0.3, -0.25) is 4.98 Å². The van der Waals surface area contributed by atoms with Crippen LogP contribution in [0.3, 0.4) is 0 Å². The van der Waals surface area contributed by atoms with Gasteiger partial charge in [0.25, 0.3) is 0 Å². The first kappa shape index (κ1) is 9.62. The minimum absolute atomic E-state index is 0.527. The summed E-state index contributed by atoms with van der Waals surface area (Å²) in [4.78, 5) is 17.9. The molecule has 1 aromatic rings. The molecule has 0 spiro atoms. The molecular weight excluding hydrogens is 164 g/mol. The van der Waals surface area contributed by atoms with Gasteiger partial charge in [-0.25, -0.2) is 4.79 Å². The minimum atomic E-state index is -0.527. The average molecular weight is 176 g/mol. The summed E-state index contributed by atoms with van der Waals surface area (Å²) in [6.07, 6.45) is 5.06. The highest BCUT2D eigenvalue weighted by molar-refractivity contribution is 5.37. The zero-order chi connectivity index (χ0) is 9.90. The van der Waals surface area contributed by atoms with E-state index in [9.17, 15) is 4.79 Å². The van der Waals surface area contributed by atoms with Gasteiger partial charge in [-0.05, 0) is 31.9 Å². The number of carbonyl (C=O) groups excluding carboxylic acids is 1. The summed E-state index contributed by atoms with van der Waals surface area (Å²) in [6.45, 7) is 5.67. The normalized spacial score (nSPS) is 10.7. The monoisotopic (exact) mass is 176 g/mol. The summed E-state index contributed by atoms with van der Waals surface area (Å²) < 4.78 is 0. The van der Waals surface area contributed by atoms with Crippen molar-refractivity contribution in [2.24, 2.45) is 4.99 Å². The number of pyridine rings is 1. The minimum Gasteiger partial charge on any atom is -0.264 e. The Morgan fingerprint density at radius 2 is 2.15 bits per heavy atom. The molecule has 0 aliphatic carbocycles. The summed E-state index contributed by atoms with van der Waals surface area (Å²) in [7, 11) is 0. The molecule has 0 aliphatic rings. The maximum atomic E-state index is 10.2. The van der Waals surface area contributed by atoms with Crippen LogP contribution in [0.15, 0.2) is 23.5 Å². The van der Waals surface area contributed by atoms with Gasteiger partial charge in [0.05, 0.1) is 5.54 Å². The van der Waals surface area contributed by atoms with Gasteiger partial charge < -0.3 is 0 Å². The highest BCUT2D eigenvalue weighted by atomic mass is 16.1. The molecule has 13 heavy (non-hydrogen) atoms. The third kappa shape index (κ3) is 2.23. The van der Waals surface area contributed by atoms with Crippen LogP contribution in [0.4, 0.5) is 0 Å². The predicted molar refractivity (Wildman–Crippen MR) is 50.1 cm³/mol. The average Bonchev–Trinajstić information content (AvgIpc) is 2.04. The zero-order valence-corrected chi connectivity index (χ0v) is 8.03. The Morgan fingerprint density at radius 1 is 1.46 bits per heavy atom. The van der Waals surface area contributed by atoms with Crippen LogP contribution >= 0.6 is 0 Å². The standard InChI is InChI=1S/C10H12N2O/c1-8-4-9(6-11-5-8)10(2,3)12-7-13/h4-6H,1-3H3. The van der Waals surface area contributed by atoms with E-state index in [2.05, 4.69) is 9.98 Å². The molecule has 0 unspecified atom stereocenters. The van der Waals surface area contributed by atoms with Crippen LogP contribution in [0.2, 0.25) is 0 Å². The van der Waals surface area contributed by atoms with Crippen molar-refractivity contribution >= 4 is 6.08 Å². The van der Waals surface area contributed by atoms with Gasteiger partial charge in [-0.15, -0.1) is 0 Å². The number of aliphatic imine (C=N–C) groups is 1. The van der Waals surface area contributed by atoms with Crippen molar-refractivity contribution in [3.63, 3.8) is 0 Å². The molecule has 3 heteroatoms. The van der Waals surface area contributed by atoms with E-state index in [1.165, 1.54) is 0 Å². The lowest BCUT2D eigenvalue weighted by Crippen LogP contribution is -2.13. The Kier molecular flexibility index (Phi) is 2.59. The topological polar surface area (TPSA) is 42.3 Å². The third-order valence-corrected chi connectivity index (χ3v) is 1.91. The molecule has 0 saturated carbocycles. The van der Waals surface area contributed by atoms with Crippen molar-refractivity contribution in [1.29, 1.82) is 0 Å². The molecule has 0 N–H and O–H groups in total. The van der Waals surface area contributed by atoms with Gasteiger partial charge in [0.15, 0.2) is 0 Å². The van der Waals surface area contributed by atoms with Gasteiger partial charge in [0, 0.05) is 12.4 Å². The first-order chi connectivity index (χ1) is 6.06. The molecule has 1 rings (SSSR count). The molecular formula is C10H12N2O. The Morgan fingerprint density at radius 3 is 2.69 bits per heavy atom. The fourth-order valence-electron chi connectivity index (χ4n) is 1.07. The van der Waals surface area contributed by atoms with Gasteiger partial charge in [-0.1, -0.05) is 6.07 Å². The SMILES string of the molecule is Cc1cncc(C(C)(C)N=C=O)c1. The fraction of sp³-hybridized carbons (Fsp3) is 0.400. The van der Waals surface area contributed by atoms with E-state index in [1.807, 2.05) is 26.8 Å². The Bertz CT molecular complexity index is 352. The van der Waals surface area contributed by atoms with E-state index in [-0.39, 0.29) is 0 Å².